The van der Waals surface area contributed by atoms with Crippen LogP contribution in [0.2, 0.25) is 5.15 Å². The highest BCUT2D eigenvalue weighted by molar-refractivity contribution is 6.29. The van der Waals surface area contributed by atoms with Gasteiger partial charge in [0.25, 0.3) is 0 Å². The van der Waals surface area contributed by atoms with E-state index in [-0.39, 0.29) is 0 Å². The molecule has 2 aromatic rings. The van der Waals surface area contributed by atoms with E-state index in [0.29, 0.717) is 22.5 Å². The number of methoxy groups -OCH3 is 2. The van der Waals surface area contributed by atoms with Gasteiger partial charge in [0.05, 0.1) is 19.8 Å². The van der Waals surface area contributed by atoms with Crippen LogP contribution in [0.5, 0.6) is 11.5 Å². The van der Waals surface area contributed by atoms with Gasteiger partial charge in [0, 0.05) is 5.69 Å². The second-order valence-corrected chi connectivity index (χ2v) is 4.08. The number of aryl methyl sites for hydroxylation is 1. The van der Waals surface area contributed by atoms with E-state index in [9.17, 15) is 0 Å². The predicted molar refractivity (Wildman–Crippen MR) is 70.3 cm³/mol. The number of ether oxygens (including phenoxy) is 2. The summed E-state index contributed by atoms with van der Waals surface area (Å²) < 4.78 is 10.6. The van der Waals surface area contributed by atoms with E-state index < -0.39 is 0 Å². The fourth-order valence-corrected chi connectivity index (χ4v) is 1.95. The zero-order valence-corrected chi connectivity index (χ0v) is 11.2. The number of hydrogen-bond donors (Lipinski definition) is 0. The zero-order valence-electron chi connectivity index (χ0n) is 10.4. The van der Waals surface area contributed by atoms with E-state index in [0.717, 1.165) is 11.3 Å². The second-order valence-electron chi connectivity index (χ2n) is 3.70. The molecule has 0 aliphatic rings. The average Bonchev–Trinajstić information content (AvgIpc) is 2.36. The Bertz CT molecular complexity index is 553. The van der Waals surface area contributed by atoms with Gasteiger partial charge in [-0.25, -0.2) is 9.97 Å². The average molecular weight is 265 g/mol. The van der Waals surface area contributed by atoms with Gasteiger partial charge in [-0.3, -0.25) is 0 Å². The van der Waals surface area contributed by atoms with Crippen LogP contribution in [-0.2, 0) is 0 Å². The SMILES string of the molecule is COc1cccc(-c2nc(C)cc(Cl)n2)c1OC. The van der Waals surface area contributed by atoms with Crippen molar-refractivity contribution >= 4 is 11.6 Å². The van der Waals surface area contributed by atoms with E-state index in [1.807, 2.05) is 25.1 Å². The van der Waals surface area contributed by atoms with E-state index in [4.69, 9.17) is 21.1 Å². The molecule has 18 heavy (non-hydrogen) atoms. The molecule has 5 heteroatoms. The van der Waals surface area contributed by atoms with Crippen molar-refractivity contribution < 1.29 is 9.47 Å². The fourth-order valence-electron chi connectivity index (χ4n) is 1.71. The summed E-state index contributed by atoms with van der Waals surface area (Å²) in [7, 11) is 3.17. The normalized spacial score (nSPS) is 10.2. The highest BCUT2D eigenvalue weighted by atomic mass is 35.5. The summed E-state index contributed by atoms with van der Waals surface area (Å²) in [4.78, 5) is 8.56. The fraction of sp³-hybridized carbons (Fsp3) is 0.231. The predicted octanol–water partition coefficient (Wildman–Crippen LogP) is 3.12. The Morgan fingerprint density at radius 3 is 2.50 bits per heavy atom. The van der Waals surface area contributed by atoms with E-state index in [2.05, 4.69) is 9.97 Å². The van der Waals surface area contributed by atoms with Crippen LogP contribution < -0.4 is 9.47 Å². The third-order valence-electron chi connectivity index (χ3n) is 2.47. The van der Waals surface area contributed by atoms with Crippen molar-refractivity contribution in [2.24, 2.45) is 0 Å². The Labute approximate surface area is 111 Å². The Hall–Kier alpha value is -1.81. The molecule has 0 bridgehead atoms. The topological polar surface area (TPSA) is 44.2 Å². The van der Waals surface area contributed by atoms with Gasteiger partial charge in [0.2, 0.25) is 0 Å². The van der Waals surface area contributed by atoms with Crippen molar-refractivity contribution in [3.05, 3.63) is 35.1 Å². The molecule has 0 atom stereocenters. The first-order chi connectivity index (χ1) is 8.65. The van der Waals surface area contributed by atoms with Crippen LogP contribution in [0.1, 0.15) is 5.69 Å². The molecule has 0 spiro atoms. The van der Waals surface area contributed by atoms with Crippen molar-refractivity contribution in [2.75, 3.05) is 14.2 Å². The minimum atomic E-state index is 0.405. The molecular weight excluding hydrogens is 252 g/mol. The van der Waals surface area contributed by atoms with Gasteiger partial charge < -0.3 is 9.47 Å². The van der Waals surface area contributed by atoms with Crippen molar-refractivity contribution in [2.45, 2.75) is 6.92 Å². The molecule has 0 N–H and O–H groups in total. The zero-order chi connectivity index (χ0) is 13.1. The van der Waals surface area contributed by atoms with E-state index >= 15 is 0 Å². The van der Waals surface area contributed by atoms with Gasteiger partial charge in [-0.1, -0.05) is 17.7 Å². The molecule has 1 aromatic heterocycles. The first-order valence-electron chi connectivity index (χ1n) is 5.38. The molecule has 0 aliphatic carbocycles. The largest absolute Gasteiger partial charge is 0.493 e. The highest BCUT2D eigenvalue weighted by Gasteiger charge is 2.14. The molecule has 0 aliphatic heterocycles. The van der Waals surface area contributed by atoms with Gasteiger partial charge in [-0.2, -0.15) is 0 Å². The molecule has 1 heterocycles. The maximum atomic E-state index is 5.95. The first kappa shape index (κ1) is 12.6. The minimum absolute atomic E-state index is 0.405. The number of benzene rings is 1. The van der Waals surface area contributed by atoms with Gasteiger partial charge in [0.1, 0.15) is 5.15 Å². The lowest BCUT2D eigenvalue weighted by Crippen LogP contribution is -1.97. The first-order valence-corrected chi connectivity index (χ1v) is 5.76. The van der Waals surface area contributed by atoms with Crippen LogP contribution in [0.15, 0.2) is 24.3 Å². The molecule has 1 aromatic carbocycles. The standard InChI is InChI=1S/C13H13ClN2O2/c1-8-7-11(14)16-13(15-8)9-5-4-6-10(17-2)12(9)18-3/h4-7H,1-3H3. The number of nitrogens with zero attached hydrogens (tertiary/aromatic N) is 2. The molecule has 0 fully saturated rings. The number of aromatic nitrogens is 2. The Morgan fingerprint density at radius 2 is 1.89 bits per heavy atom. The lowest BCUT2D eigenvalue weighted by atomic mass is 10.1. The van der Waals surface area contributed by atoms with Crippen molar-refractivity contribution in [3.8, 4) is 22.9 Å². The monoisotopic (exact) mass is 264 g/mol. The second kappa shape index (κ2) is 5.23. The smallest absolute Gasteiger partial charge is 0.171 e. The van der Waals surface area contributed by atoms with Crippen LogP contribution in [0.4, 0.5) is 0 Å². The molecular formula is C13H13ClN2O2. The van der Waals surface area contributed by atoms with Crippen molar-refractivity contribution in [3.63, 3.8) is 0 Å². The molecule has 0 unspecified atom stereocenters. The third kappa shape index (κ3) is 2.38. The summed E-state index contributed by atoms with van der Waals surface area (Å²) >= 11 is 5.95. The summed E-state index contributed by atoms with van der Waals surface area (Å²) in [5.41, 5.74) is 1.55. The summed E-state index contributed by atoms with van der Waals surface area (Å²) in [6.45, 7) is 1.86. The minimum Gasteiger partial charge on any atom is -0.493 e. The van der Waals surface area contributed by atoms with E-state index in [1.54, 1.807) is 20.3 Å². The molecule has 2 rings (SSSR count). The number of hydrogen-bond acceptors (Lipinski definition) is 4. The highest BCUT2D eigenvalue weighted by Crippen LogP contribution is 2.36. The van der Waals surface area contributed by atoms with Gasteiger partial charge in [0.15, 0.2) is 17.3 Å². The van der Waals surface area contributed by atoms with Crippen LogP contribution in [0.25, 0.3) is 11.4 Å². The van der Waals surface area contributed by atoms with Crippen LogP contribution in [0.3, 0.4) is 0 Å². The van der Waals surface area contributed by atoms with Crippen LogP contribution in [-0.4, -0.2) is 24.2 Å². The van der Waals surface area contributed by atoms with Crippen molar-refractivity contribution in [1.82, 2.24) is 9.97 Å². The van der Waals surface area contributed by atoms with Crippen LogP contribution >= 0.6 is 11.6 Å². The molecule has 0 saturated heterocycles. The number of rotatable bonds is 3. The Kier molecular flexibility index (Phi) is 3.67. The van der Waals surface area contributed by atoms with E-state index in [1.165, 1.54) is 0 Å². The molecule has 0 radical (unpaired) electrons. The molecule has 0 saturated carbocycles. The third-order valence-corrected chi connectivity index (χ3v) is 2.66. The van der Waals surface area contributed by atoms with Gasteiger partial charge >= 0.3 is 0 Å². The Morgan fingerprint density at radius 1 is 1.11 bits per heavy atom. The maximum absolute atomic E-state index is 5.95. The Balaban J connectivity index is 2.63. The molecule has 4 nitrogen and oxygen atoms in total. The molecule has 94 valence electrons. The summed E-state index contributed by atoms with van der Waals surface area (Å²) in [5, 5.41) is 0.405. The van der Waals surface area contributed by atoms with Crippen LogP contribution in [0, 0.1) is 6.92 Å². The van der Waals surface area contributed by atoms with Gasteiger partial charge in [-0.05, 0) is 25.1 Å². The summed E-state index contributed by atoms with van der Waals surface area (Å²) in [5.74, 6) is 1.76. The number of para-hydroxylation sites is 1. The van der Waals surface area contributed by atoms with Crippen molar-refractivity contribution in [1.29, 1.82) is 0 Å². The summed E-state index contributed by atoms with van der Waals surface area (Å²) in [6.07, 6.45) is 0. The summed E-state index contributed by atoms with van der Waals surface area (Å²) in [6, 6.07) is 7.25. The maximum Gasteiger partial charge on any atom is 0.171 e. The lowest BCUT2D eigenvalue weighted by molar-refractivity contribution is 0.356. The molecule has 0 amide bonds. The lowest BCUT2D eigenvalue weighted by Gasteiger charge is -2.11. The number of halogens is 1. The van der Waals surface area contributed by atoms with Gasteiger partial charge in [-0.15, -0.1) is 0 Å². The quantitative estimate of drug-likeness (QED) is 0.799.